The Morgan fingerprint density at radius 3 is 2.80 bits per heavy atom. The normalized spacial score (nSPS) is 11.7. The molecule has 0 aromatic carbocycles. The Morgan fingerprint density at radius 2 is 2.20 bits per heavy atom. The SMILES string of the molecule is COCC(C)(C)NCc1ncccc1C. The third-order valence-corrected chi connectivity index (χ3v) is 2.36. The maximum absolute atomic E-state index is 5.14. The van der Waals surface area contributed by atoms with Crippen LogP contribution in [0.25, 0.3) is 0 Å². The highest BCUT2D eigenvalue weighted by Gasteiger charge is 2.16. The highest BCUT2D eigenvalue weighted by Crippen LogP contribution is 2.07. The number of hydrogen-bond acceptors (Lipinski definition) is 3. The van der Waals surface area contributed by atoms with Crippen LogP contribution in [0.5, 0.6) is 0 Å². The summed E-state index contributed by atoms with van der Waals surface area (Å²) in [4.78, 5) is 4.34. The van der Waals surface area contributed by atoms with E-state index in [9.17, 15) is 0 Å². The van der Waals surface area contributed by atoms with Crippen molar-refractivity contribution in [2.45, 2.75) is 32.9 Å². The first kappa shape index (κ1) is 12.1. The second kappa shape index (κ2) is 5.24. The lowest BCUT2D eigenvalue weighted by Crippen LogP contribution is -2.43. The van der Waals surface area contributed by atoms with Gasteiger partial charge in [-0.15, -0.1) is 0 Å². The Balaban J connectivity index is 2.53. The molecule has 0 bridgehead atoms. The van der Waals surface area contributed by atoms with Crippen molar-refractivity contribution in [2.24, 2.45) is 0 Å². The summed E-state index contributed by atoms with van der Waals surface area (Å²) >= 11 is 0. The molecule has 0 fully saturated rings. The van der Waals surface area contributed by atoms with E-state index in [0.29, 0.717) is 6.61 Å². The summed E-state index contributed by atoms with van der Waals surface area (Å²) in [5.41, 5.74) is 2.30. The molecular weight excluding hydrogens is 188 g/mol. The number of rotatable bonds is 5. The van der Waals surface area contributed by atoms with Gasteiger partial charge in [0.15, 0.2) is 0 Å². The van der Waals surface area contributed by atoms with E-state index in [2.05, 4.69) is 37.1 Å². The average Bonchev–Trinajstić information content (AvgIpc) is 2.16. The fourth-order valence-corrected chi connectivity index (χ4v) is 1.44. The lowest BCUT2D eigenvalue weighted by molar-refractivity contribution is 0.127. The molecule has 0 aliphatic rings. The molecule has 0 amide bonds. The molecule has 1 rings (SSSR count). The minimum atomic E-state index is -0.0152. The summed E-state index contributed by atoms with van der Waals surface area (Å²) in [6.07, 6.45) is 1.83. The second-order valence-electron chi connectivity index (χ2n) is 4.44. The van der Waals surface area contributed by atoms with Crippen molar-refractivity contribution >= 4 is 0 Å². The Bertz CT molecular complexity index is 310. The first-order valence-corrected chi connectivity index (χ1v) is 5.19. The maximum Gasteiger partial charge on any atom is 0.0639 e. The number of ether oxygens (including phenoxy) is 1. The lowest BCUT2D eigenvalue weighted by Gasteiger charge is -2.25. The van der Waals surface area contributed by atoms with Crippen molar-refractivity contribution < 1.29 is 4.74 Å². The van der Waals surface area contributed by atoms with Crippen molar-refractivity contribution in [1.29, 1.82) is 0 Å². The van der Waals surface area contributed by atoms with E-state index >= 15 is 0 Å². The van der Waals surface area contributed by atoms with Gasteiger partial charge in [0.05, 0.1) is 12.3 Å². The van der Waals surface area contributed by atoms with E-state index < -0.39 is 0 Å². The van der Waals surface area contributed by atoms with Gasteiger partial charge in [0.1, 0.15) is 0 Å². The predicted molar refractivity (Wildman–Crippen MR) is 61.8 cm³/mol. The van der Waals surface area contributed by atoms with Crippen LogP contribution in [0.15, 0.2) is 18.3 Å². The third kappa shape index (κ3) is 3.98. The quantitative estimate of drug-likeness (QED) is 0.802. The standard InChI is InChI=1S/C12H20N2O/c1-10-6-5-7-13-11(10)8-14-12(2,3)9-15-4/h5-7,14H,8-9H2,1-4H3. The van der Waals surface area contributed by atoms with Gasteiger partial charge in [-0.3, -0.25) is 4.98 Å². The minimum absolute atomic E-state index is 0.0152. The monoisotopic (exact) mass is 208 g/mol. The lowest BCUT2D eigenvalue weighted by atomic mass is 10.1. The third-order valence-electron chi connectivity index (χ3n) is 2.36. The van der Waals surface area contributed by atoms with Crippen LogP contribution in [0.3, 0.4) is 0 Å². The molecule has 0 atom stereocenters. The molecule has 0 unspecified atom stereocenters. The molecule has 0 aliphatic heterocycles. The Kier molecular flexibility index (Phi) is 4.24. The molecular formula is C12H20N2O. The number of pyridine rings is 1. The molecule has 3 heteroatoms. The van der Waals surface area contributed by atoms with Crippen LogP contribution in [-0.4, -0.2) is 24.2 Å². The average molecular weight is 208 g/mol. The fourth-order valence-electron chi connectivity index (χ4n) is 1.44. The van der Waals surface area contributed by atoms with Crippen LogP contribution in [0.2, 0.25) is 0 Å². The molecule has 1 aromatic heterocycles. The summed E-state index contributed by atoms with van der Waals surface area (Å²) in [5, 5.41) is 3.43. The van der Waals surface area contributed by atoms with Gasteiger partial charge in [-0.2, -0.15) is 0 Å². The van der Waals surface area contributed by atoms with Gasteiger partial charge in [-0.05, 0) is 32.4 Å². The van der Waals surface area contributed by atoms with Gasteiger partial charge in [0.2, 0.25) is 0 Å². The Hall–Kier alpha value is -0.930. The molecule has 0 saturated heterocycles. The van der Waals surface area contributed by atoms with E-state index in [0.717, 1.165) is 12.2 Å². The predicted octanol–water partition coefficient (Wildman–Crippen LogP) is 1.90. The van der Waals surface area contributed by atoms with E-state index in [1.54, 1.807) is 7.11 Å². The van der Waals surface area contributed by atoms with Crippen LogP contribution in [0.1, 0.15) is 25.1 Å². The fraction of sp³-hybridized carbons (Fsp3) is 0.583. The summed E-state index contributed by atoms with van der Waals surface area (Å²) in [6, 6.07) is 4.03. The molecule has 1 heterocycles. The van der Waals surface area contributed by atoms with Gasteiger partial charge in [-0.25, -0.2) is 0 Å². The second-order valence-corrected chi connectivity index (χ2v) is 4.44. The molecule has 1 aromatic rings. The van der Waals surface area contributed by atoms with E-state index in [1.807, 2.05) is 12.3 Å². The highest BCUT2D eigenvalue weighted by atomic mass is 16.5. The van der Waals surface area contributed by atoms with E-state index in [4.69, 9.17) is 4.74 Å². The molecule has 15 heavy (non-hydrogen) atoms. The smallest absolute Gasteiger partial charge is 0.0639 e. The Morgan fingerprint density at radius 1 is 1.47 bits per heavy atom. The minimum Gasteiger partial charge on any atom is -0.383 e. The van der Waals surface area contributed by atoms with E-state index in [-0.39, 0.29) is 5.54 Å². The van der Waals surface area contributed by atoms with Gasteiger partial charge in [-0.1, -0.05) is 6.07 Å². The van der Waals surface area contributed by atoms with Crippen LogP contribution in [0, 0.1) is 6.92 Å². The zero-order chi connectivity index (χ0) is 11.3. The Labute approximate surface area is 91.9 Å². The largest absolute Gasteiger partial charge is 0.383 e. The highest BCUT2D eigenvalue weighted by molar-refractivity contribution is 5.17. The van der Waals surface area contributed by atoms with Gasteiger partial charge in [0.25, 0.3) is 0 Å². The maximum atomic E-state index is 5.14. The zero-order valence-electron chi connectivity index (χ0n) is 10.0. The zero-order valence-corrected chi connectivity index (χ0v) is 10.0. The molecule has 0 radical (unpaired) electrons. The first-order valence-electron chi connectivity index (χ1n) is 5.19. The number of nitrogens with zero attached hydrogens (tertiary/aromatic N) is 1. The molecule has 0 aliphatic carbocycles. The van der Waals surface area contributed by atoms with Crippen molar-refractivity contribution in [2.75, 3.05) is 13.7 Å². The number of nitrogens with one attached hydrogen (secondary N) is 1. The number of aromatic nitrogens is 1. The van der Waals surface area contributed by atoms with Gasteiger partial charge < -0.3 is 10.1 Å². The van der Waals surface area contributed by atoms with E-state index in [1.165, 1.54) is 5.56 Å². The molecule has 84 valence electrons. The van der Waals surface area contributed by atoms with Crippen LogP contribution >= 0.6 is 0 Å². The first-order chi connectivity index (χ1) is 7.05. The molecule has 3 nitrogen and oxygen atoms in total. The molecule has 0 spiro atoms. The van der Waals surface area contributed by atoms with Crippen molar-refractivity contribution in [3.05, 3.63) is 29.6 Å². The van der Waals surface area contributed by atoms with Crippen molar-refractivity contribution in [3.63, 3.8) is 0 Å². The summed E-state index contributed by atoms with van der Waals surface area (Å²) < 4.78 is 5.14. The van der Waals surface area contributed by atoms with Gasteiger partial charge in [0, 0.05) is 25.4 Å². The van der Waals surface area contributed by atoms with Gasteiger partial charge >= 0.3 is 0 Å². The summed E-state index contributed by atoms with van der Waals surface area (Å²) in [6.45, 7) is 7.79. The number of hydrogen-bond donors (Lipinski definition) is 1. The van der Waals surface area contributed by atoms with Crippen LogP contribution in [-0.2, 0) is 11.3 Å². The summed E-state index contributed by atoms with van der Waals surface area (Å²) in [5.74, 6) is 0. The van der Waals surface area contributed by atoms with Crippen molar-refractivity contribution in [1.82, 2.24) is 10.3 Å². The van der Waals surface area contributed by atoms with Crippen LogP contribution in [0.4, 0.5) is 0 Å². The number of methoxy groups -OCH3 is 1. The molecule has 1 N–H and O–H groups in total. The number of aryl methyl sites for hydroxylation is 1. The topological polar surface area (TPSA) is 34.1 Å². The van der Waals surface area contributed by atoms with Crippen LogP contribution < -0.4 is 5.32 Å². The molecule has 0 saturated carbocycles. The summed E-state index contributed by atoms with van der Waals surface area (Å²) in [7, 11) is 1.72. The van der Waals surface area contributed by atoms with Crippen molar-refractivity contribution in [3.8, 4) is 0 Å².